The Morgan fingerprint density at radius 3 is 2.19 bits per heavy atom. The summed E-state index contributed by atoms with van der Waals surface area (Å²) in [5, 5.41) is 8.59. The summed E-state index contributed by atoms with van der Waals surface area (Å²) in [4.78, 5) is 4.64. The highest BCUT2D eigenvalue weighted by Crippen LogP contribution is 2.41. The normalized spacial score (nSPS) is 11.9. The van der Waals surface area contributed by atoms with Gasteiger partial charge in [0, 0.05) is 50.4 Å². The lowest BCUT2D eigenvalue weighted by Gasteiger charge is -2.13. The van der Waals surface area contributed by atoms with Crippen LogP contribution in [0.15, 0.2) is 128 Å². The fourth-order valence-corrected chi connectivity index (χ4v) is 5.83. The molecule has 0 N–H and O–H groups in total. The van der Waals surface area contributed by atoms with Crippen molar-refractivity contribution in [1.29, 1.82) is 0 Å². The molecule has 0 aliphatic carbocycles. The summed E-state index contributed by atoms with van der Waals surface area (Å²) in [6.45, 7) is 0. The number of pyridine rings is 1. The Morgan fingerprint density at radius 2 is 1.28 bits per heavy atom. The lowest BCUT2D eigenvalue weighted by molar-refractivity contribution is 1.13. The first-order valence-corrected chi connectivity index (χ1v) is 12.2. The van der Waals surface area contributed by atoms with E-state index in [-0.39, 0.29) is 0 Å². The van der Waals surface area contributed by atoms with Gasteiger partial charge in [0.1, 0.15) is 0 Å². The van der Waals surface area contributed by atoms with Crippen molar-refractivity contribution in [2.45, 2.75) is 0 Å². The minimum Gasteiger partial charge on any atom is -0.317 e. The van der Waals surface area contributed by atoms with E-state index in [9.17, 15) is 0 Å². The van der Waals surface area contributed by atoms with E-state index in [0.29, 0.717) is 0 Å². The summed E-state index contributed by atoms with van der Waals surface area (Å²) in [6, 6.07) is 39.0. The minimum absolute atomic E-state index is 1.10. The fourth-order valence-electron chi connectivity index (χ4n) is 5.83. The van der Waals surface area contributed by atoms with Crippen molar-refractivity contribution in [2.24, 2.45) is 0 Å². The molecule has 0 saturated carbocycles. The summed E-state index contributed by atoms with van der Waals surface area (Å²) in [5.41, 5.74) is 5.89. The van der Waals surface area contributed by atoms with E-state index in [1.165, 1.54) is 48.9 Å². The van der Waals surface area contributed by atoms with E-state index < -0.39 is 0 Å². The van der Waals surface area contributed by atoms with E-state index in [1.807, 2.05) is 12.4 Å². The molecule has 8 aromatic rings. The average Bonchev–Trinajstić information content (AvgIpc) is 3.53. The number of hydrogen-bond donors (Lipinski definition) is 0. The summed E-state index contributed by atoms with van der Waals surface area (Å²) in [6.07, 6.45) is 6.13. The highest BCUT2D eigenvalue weighted by atomic mass is 15.0. The molecule has 36 heavy (non-hydrogen) atoms. The molecule has 3 heterocycles. The highest BCUT2D eigenvalue weighted by Gasteiger charge is 2.18. The minimum atomic E-state index is 1.10. The molecular weight excluding hydrogens is 438 g/mol. The topological polar surface area (TPSA) is 22.8 Å². The molecule has 0 aliphatic heterocycles. The number of benzene rings is 5. The van der Waals surface area contributed by atoms with Crippen LogP contribution in [0.4, 0.5) is 0 Å². The Kier molecular flexibility index (Phi) is 3.94. The van der Waals surface area contributed by atoms with Gasteiger partial charge >= 0.3 is 0 Å². The van der Waals surface area contributed by atoms with Gasteiger partial charge < -0.3 is 9.13 Å². The van der Waals surface area contributed by atoms with E-state index in [4.69, 9.17) is 0 Å². The Morgan fingerprint density at radius 1 is 0.500 bits per heavy atom. The molecule has 0 spiro atoms. The van der Waals surface area contributed by atoms with Gasteiger partial charge in [0.2, 0.25) is 0 Å². The first kappa shape index (κ1) is 19.4. The van der Waals surface area contributed by atoms with Crippen LogP contribution in [0.2, 0.25) is 0 Å². The average molecular weight is 460 g/mol. The van der Waals surface area contributed by atoms with Gasteiger partial charge in [0.05, 0.1) is 28.4 Å². The lowest BCUT2D eigenvalue weighted by atomic mass is 10.0. The predicted molar refractivity (Wildman–Crippen MR) is 150 cm³/mol. The standard InChI is InChI=1S/C33H21N3/c1-2-9-24(10-3-1)35-19-18-28-29(35)17-15-22-14-16-27-26-12-6-7-13-30(26)36(33(27)32(22)28)31-21-34-20-23-8-4-5-11-25(23)31/h1-21H. The second kappa shape index (κ2) is 7.30. The summed E-state index contributed by atoms with van der Waals surface area (Å²) < 4.78 is 4.70. The zero-order valence-corrected chi connectivity index (χ0v) is 19.5. The molecule has 0 bridgehead atoms. The molecule has 3 nitrogen and oxygen atoms in total. The first-order valence-electron chi connectivity index (χ1n) is 12.2. The monoisotopic (exact) mass is 459 g/mol. The van der Waals surface area contributed by atoms with E-state index in [0.717, 1.165) is 16.8 Å². The zero-order valence-electron chi connectivity index (χ0n) is 19.5. The Labute approximate surface area is 207 Å². The van der Waals surface area contributed by atoms with Gasteiger partial charge in [-0.3, -0.25) is 4.98 Å². The molecular formula is C33H21N3. The molecule has 8 rings (SSSR count). The van der Waals surface area contributed by atoms with Crippen molar-refractivity contribution in [1.82, 2.24) is 14.1 Å². The van der Waals surface area contributed by atoms with E-state index in [2.05, 4.69) is 130 Å². The van der Waals surface area contributed by atoms with Crippen LogP contribution in [0.1, 0.15) is 0 Å². The third-order valence-electron chi connectivity index (χ3n) is 7.41. The van der Waals surface area contributed by atoms with Crippen LogP contribution in [0, 0.1) is 0 Å². The number of fused-ring (bicyclic) bond motifs is 8. The van der Waals surface area contributed by atoms with Gasteiger partial charge in [0.25, 0.3) is 0 Å². The van der Waals surface area contributed by atoms with Crippen molar-refractivity contribution in [3.05, 3.63) is 128 Å². The third kappa shape index (κ3) is 2.60. The Bertz CT molecular complexity index is 2090. The number of aromatic nitrogens is 3. The molecule has 3 heteroatoms. The number of hydrogen-bond acceptors (Lipinski definition) is 1. The van der Waals surface area contributed by atoms with Crippen molar-refractivity contribution < 1.29 is 0 Å². The Hall–Kier alpha value is -4.89. The van der Waals surface area contributed by atoms with Gasteiger partial charge in [-0.15, -0.1) is 0 Å². The summed E-state index contributed by atoms with van der Waals surface area (Å²) in [7, 11) is 0. The molecule has 3 aromatic heterocycles. The fraction of sp³-hybridized carbons (Fsp3) is 0. The quantitative estimate of drug-likeness (QED) is 0.254. The predicted octanol–water partition coefficient (Wildman–Crippen LogP) is 8.43. The van der Waals surface area contributed by atoms with Gasteiger partial charge in [-0.05, 0) is 35.7 Å². The number of nitrogens with zero attached hydrogens (tertiary/aromatic N) is 3. The lowest BCUT2D eigenvalue weighted by Crippen LogP contribution is -1.97. The van der Waals surface area contributed by atoms with E-state index >= 15 is 0 Å². The van der Waals surface area contributed by atoms with Crippen LogP contribution in [-0.4, -0.2) is 14.1 Å². The van der Waals surface area contributed by atoms with Gasteiger partial charge in [-0.1, -0.05) is 78.9 Å². The van der Waals surface area contributed by atoms with Crippen LogP contribution in [0.3, 0.4) is 0 Å². The van der Waals surface area contributed by atoms with Crippen molar-refractivity contribution in [3.63, 3.8) is 0 Å². The molecule has 0 saturated heterocycles. The zero-order chi connectivity index (χ0) is 23.6. The first-order chi connectivity index (χ1) is 17.9. The SMILES string of the molecule is c1ccc(-n2ccc3c4c(ccc5c6ccccc6n(-c6cncc7ccccc67)c54)ccc32)cc1. The third-order valence-corrected chi connectivity index (χ3v) is 7.41. The maximum Gasteiger partial charge on any atom is 0.0724 e. The van der Waals surface area contributed by atoms with Crippen molar-refractivity contribution in [3.8, 4) is 11.4 Å². The summed E-state index contributed by atoms with van der Waals surface area (Å²) in [5.74, 6) is 0. The van der Waals surface area contributed by atoms with Crippen LogP contribution in [-0.2, 0) is 0 Å². The molecule has 0 radical (unpaired) electrons. The number of para-hydroxylation sites is 2. The van der Waals surface area contributed by atoms with Gasteiger partial charge in [-0.2, -0.15) is 0 Å². The van der Waals surface area contributed by atoms with E-state index in [1.54, 1.807) is 0 Å². The van der Waals surface area contributed by atoms with Crippen molar-refractivity contribution in [2.75, 3.05) is 0 Å². The van der Waals surface area contributed by atoms with Crippen LogP contribution < -0.4 is 0 Å². The second-order valence-corrected chi connectivity index (χ2v) is 9.31. The molecule has 0 fully saturated rings. The van der Waals surface area contributed by atoms with Gasteiger partial charge in [0.15, 0.2) is 0 Å². The number of rotatable bonds is 2. The van der Waals surface area contributed by atoms with Crippen LogP contribution >= 0.6 is 0 Å². The van der Waals surface area contributed by atoms with Crippen molar-refractivity contribution >= 4 is 54.3 Å². The van der Waals surface area contributed by atoms with Gasteiger partial charge in [-0.25, -0.2) is 0 Å². The molecule has 0 amide bonds. The molecule has 0 aliphatic rings. The highest BCUT2D eigenvalue weighted by molar-refractivity contribution is 6.25. The molecule has 0 unspecified atom stereocenters. The second-order valence-electron chi connectivity index (χ2n) is 9.31. The smallest absolute Gasteiger partial charge is 0.0724 e. The largest absolute Gasteiger partial charge is 0.317 e. The molecule has 0 atom stereocenters. The molecule has 5 aromatic carbocycles. The summed E-state index contributed by atoms with van der Waals surface area (Å²) >= 11 is 0. The van der Waals surface area contributed by atoms with Crippen LogP contribution in [0.25, 0.3) is 65.6 Å². The maximum atomic E-state index is 4.64. The maximum absolute atomic E-state index is 4.64. The van der Waals surface area contributed by atoms with Crippen LogP contribution in [0.5, 0.6) is 0 Å². The Balaban J connectivity index is 1.60. The molecule has 168 valence electrons.